The molecular formula is C16H24N2O2S. The first kappa shape index (κ1) is 17.6. The quantitative estimate of drug-likeness (QED) is 0.788. The summed E-state index contributed by atoms with van der Waals surface area (Å²) < 4.78 is 0. The van der Waals surface area contributed by atoms with Crippen molar-refractivity contribution >= 4 is 23.6 Å². The lowest BCUT2D eigenvalue weighted by atomic mass is 10.2. The molecular weight excluding hydrogens is 284 g/mol. The number of nitrogens with zero attached hydrogens (tertiary/aromatic N) is 1. The Morgan fingerprint density at radius 1 is 1.19 bits per heavy atom. The second-order valence-corrected chi connectivity index (χ2v) is 6.00. The van der Waals surface area contributed by atoms with Gasteiger partial charge in [-0.15, -0.1) is 11.8 Å². The summed E-state index contributed by atoms with van der Waals surface area (Å²) in [4.78, 5) is 26.8. The average Bonchev–Trinajstić information content (AvgIpc) is 2.46. The number of hydrogen-bond donors (Lipinski definition) is 1. The van der Waals surface area contributed by atoms with Crippen LogP contribution in [0.5, 0.6) is 0 Å². The van der Waals surface area contributed by atoms with Crippen molar-refractivity contribution in [2.75, 3.05) is 18.8 Å². The van der Waals surface area contributed by atoms with E-state index in [1.807, 2.05) is 52.0 Å². The molecule has 2 amide bonds. The predicted octanol–water partition coefficient (Wildman–Crippen LogP) is 2.79. The summed E-state index contributed by atoms with van der Waals surface area (Å²) in [5.74, 6) is 0.327. The van der Waals surface area contributed by atoms with Crippen molar-refractivity contribution < 1.29 is 9.59 Å². The molecule has 0 aliphatic carbocycles. The normalized spacial score (nSPS) is 10.5. The fourth-order valence-corrected chi connectivity index (χ4v) is 2.81. The second kappa shape index (κ2) is 8.72. The van der Waals surface area contributed by atoms with Crippen molar-refractivity contribution in [1.29, 1.82) is 0 Å². The molecule has 0 aromatic heterocycles. The van der Waals surface area contributed by atoms with Crippen LogP contribution in [-0.2, 0) is 4.79 Å². The van der Waals surface area contributed by atoms with Gasteiger partial charge in [0.25, 0.3) is 5.91 Å². The summed E-state index contributed by atoms with van der Waals surface area (Å²) in [6.07, 6.45) is 0. The van der Waals surface area contributed by atoms with E-state index in [2.05, 4.69) is 5.32 Å². The SMILES string of the molecule is CCN(CC)C(=O)c1ccccc1SCC(=O)NC(C)C. The molecule has 0 radical (unpaired) electrons. The molecule has 0 aliphatic heterocycles. The van der Waals surface area contributed by atoms with Crippen LogP contribution in [0.3, 0.4) is 0 Å². The van der Waals surface area contributed by atoms with Crippen LogP contribution in [0.4, 0.5) is 0 Å². The summed E-state index contributed by atoms with van der Waals surface area (Å²) in [5, 5.41) is 2.85. The van der Waals surface area contributed by atoms with Crippen LogP contribution in [0, 0.1) is 0 Å². The monoisotopic (exact) mass is 308 g/mol. The van der Waals surface area contributed by atoms with Crippen LogP contribution in [0.15, 0.2) is 29.2 Å². The Bertz CT molecular complexity index is 485. The molecule has 1 N–H and O–H groups in total. The number of thioether (sulfide) groups is 1. The van der Waals surface area contributed by atoms with Gasteiger partial charge < -0.3 is 10.2 Å². The topological polar surface area (TPSA) is 49.4 Å². The van der Waals surface area contributed by atoms with Gasteiger partial charge in [-0.05, 0) is 39.8 Å². The minimum atomic E-state index is -0.0138. The standard InChI is InChI=1S/C16H24N2O2S/c1-5-18(6-2)16(20)13-9-7-8-10-14(13)21-11-15(19)17-12(3)4/h7-10,12H,5-6,11H2,1-4H3,(H,17,19). The highest BCUT2D eigenvalue weighted by Crippen LogP contribution is 2.23. The van der Waals surface area contributed by atoms with E-state index < -0.39 is 0 Å². The molecule has 0 heterocycles. The lowest BCUT2D eigenvalue weighted by molar-refractivity contribution is -0.119. The van der Waals surface area contributed by atoms with Crippen LogP contribution in [0.25, 0.3) is 0 Å². The van der Waals surface area contributed by atoms with E-state index in [0.29, 0.717) is 24.4 Å². The molecule has 0 bridgehead atoms. The fraction of sp³-hybridized carbons (Fsp3) is 0.500. The molecule has 4 nitrogen and oxygen atoms in total. The average molecular weight is 308 g/mol. The maximum atomic E-state index is 12.5. The number of nitrogens with one attached hydrogen (secondary N) is 1. The molecule has 0 aliphatic rings. The Kier molecular flexibility index (Phi) is 7.29. The number of rotatable bonds is 7. The zero-order valence-electron chi connectivity index (χ0n) is 13.2. The molecule has 1 aromatic carbocycles. The van der Waals surface area contributed by atoms with E-state index in [-0.39, 0.29) is 17.9 Å². The third kappa shape index (κ3) is 5.42. The van der Waals surface area contributed by atoms with E-state index >= 15 is 0 Å². The second-order valence-electron chi connectivity index (χ2n) is 4.98. The predicted molar refractivity (Wildman–Crippen MR) is 87.7 cm³/mol. The number of hydrogen-bond acceptors (Lipinski definition) is 3. The zero-order valence-corrected chi connectivity index (χ0v) is 14.0. The van der Waals surface area contributed by atoms with Crippen LogP contribution in [-0.4, -0.2) is 41.6 Å². The van der Waals surface area contributed by atoms with Crippen molar-refractivity contribution in [1.82, 2.24) is 10.2 Å². The third-order valence-corrected chi connectivity index (χ3v) is 4.05. The highest BCUT2D eigenvalue weighted by Gasteiger charge is 2.17. The fourth-order valence-electron chi connectivity index (χ4n) is 1.96. The van der Waals surface area contributed by atoms with Crippen molar-refractivity contribution in [3.05, 3.63) is 29.8 Å². The Morgan fingerprint density at radius 2 is 1.81 bits per heavy atom. The molecule has 21 heavy (non-hydrogen) atoms. The van der Waals surface area contributed by atoms with Crippen LogP contribution in [0.1, 0.15) is 38.1 Å². The number of amides is 2. The van der Waals surface area contributed by atoms with Gasteiger partial charge in [0.1, 0.15) is 0 Å². The van der Waals surface area contributed by atoms with E-state index in [4.69, 9.17) is 0 Å². The van der Waals surface area contributed by atoms with Gasteiger partial charge in [-0.1, -0.05) is 12.1 Å². The molecule has 0 unspecified atom stereocenters. The molecule has 116 valence electrons. The maximum Gasteiger partial charge on any atom is 0.254 e. The van der Waals surface area contributed by atoms with Crippen LogP contribution < -0.4 is 5.32 Å². The van der Waals surface area contributed by atoms with Gasteiger partial charge >= 0.3 is 0 Å². The van der Waals surface area contributed by atoms with E-state index in [1.165, 1.54) is 11.8 Å². The molecule has 1 aromatic rings. The van der Waals surface area contributed by atoms with E-state index in [9.17, 15) is 9.59 Å². The zero-order chi connectivity index (χ0) is 15.8. The van der Waals surface area contributed by atoms with Gasteiger partial charge in [0.05, 0.1) is 11.3 Å². The Morgan fingerprint density at radius 3 is 2.38 bits per heavy atom. The lowest BCUT2D eigenvalue weighted by Crippen LogP contribution is -2.32. The Balaban J connectivity index is 2.80. The molecule has 0 spiro atoms. The molecule has 0 saturated carbocycles. The Hall–Kier alpha value is -1.49. The summed E-state index contributed by atoms with van der Waals surface area (Å²) in [6, 6.07) is 7.59. The van der Waals surface area contributed by atoms with Gasteiger partial charge in [-0.3, -0.25) is 9.59 Å². The number of carbonyl (C=O) groups excluding carboxylic acids is 2. The molecule has 0 fully saturated rings. The lowest BCUT2D eigenvalue weighted by Gasteiger charge is -2.20. The van der Waals surface area contributed by atoms with E-state index in [0.717, 1.165) is 4.90 Å². The first-order chi connectivity index (χ1) is 9.99. The van der Waals surface area contributed by atoms with Crippen molar-refractivity contribution in [2.45, 2.75) is 38.6 Å². The van der Waals surface area contributed by atoms with E-state index in [1.54, 1.807) is 4.90 Å². The first-order valence-corrected chi connectivity index (χ1v) is 8.28. The maximum absolute atomic E-state index is 12.5. The van der Waals surface area contributed by atoms with Gasteiger partial charge in [0.2, 0.25) is 5.91 Å². The van der Waals surface area contributed by atoms with Gasteiger partial charge in [0.15, 0.2) is 0 Å². The summed E-state index contributed by atoms with van der Waals surface area (Å²) in [5.41, 5.74) is 0.670. The number of carbonyl (C=O) groups is 2. The van der Waals surface area contributed by atoms with Crippen LogP contribution >= 0.6 is 11.8 Å². The minimum Gasteiger partial charge on any atom is -0.353 e. The minimum absolute atomic E-state index is 0.0138. The van der Waals surface area contributed by atoms with Crippen molar-refractivity contribution in [3.63, 3.8) is 0 Å². The van der Waals surface area contributed by atoms with Gasteiger partial charge in [0, 0.05) is 24.0 Å². The summed E-state index contributed by atoms with van der Waals surface area (Å²) in [7, 11) is 0. The molecule has 5 heteroatoms. The third-order valence-electron chi connectivity index (χ3n) is 2.98. The smallest absolute Gasteiger partial charge is 0.254 e. The molecule has 1 rings (SSSR count). The van der Waals surface area contributed by atoms with Crippen molar-refractivity contribution in [3.8, 4) is 0 Å². The summed E-state index contributed by atoms with van der Waals surface area (Å²) in [6.45, 7) is 9.16. The van der Waals surface area contributed by atoms with Gasteiger partial charge in [-0.25, -0.2) is 0 Å². The largest absolute Gasteiger partial charge is 0.353 e. The molecule has 0 atom stereocenters. The highest BCUT2D eigenvalue weighted by atomic mass is 32.2. The highest BCUT2D eigenvalue weighted by molar-refractivity contribution is 8.00. The van der Waals surface area contributed by atoms with Crippen LogP contribution in [0.2, 0.25) is 0 Å². The molecule has 0 saturated heterocycles. The van der Waals surface area contributed by atoms with Crippen molar-refractivity contribution in [2.24, 2.45) is 0 Å². The summed E-state index contributed by atoms with van der Waals surface area (Å²) >= 11 is 1.40. The van der Waals surface area contributed by atoms with Gasteiger partial charge in [-0.2, -0.15) is 0 Å². The first-order valence-electron chi connectivity index (χ1n) is 7.30. The number of benzene rings is 1. The Labute approximate surface area is 131 Å².